The van der Waals surface area contributed by atoms with Crippen LogP contribution in [0.1, 0.15) is 40.9 Å². The molecule has 4 rings (SSSR count). The average molecular weight is 515 g/mol. The Labute approximate surface area is 223 Å². The Kier molecular flexibility index (Phi) is 8.86. The van der Waals surface area contributed by atoms with Crippen molar-refractivity contribution in [3.8, 4) is 5.88 Å². The van der Waals surface area contributed by atoms with Gasteiger partial charge in [-0.15, -0.1) is 0 Å². The molecule has 8 nitrogen and oxygen atoms in total. The smallest absolute Gasteiger partial charge is 0.259 e. The highest BCUT2D eigenvalue weighted by Crippen LogP contribution is 2.28. The zero-order valence-electron chi connectivity index (χ0n) is 22.0. The van der Waals surface area contributed by atoms with E-state index in [1.807, 2.05) is 68.5 Å². The molecule has 3 atom stereocenters. The van der Waals surface area contributed by atoms with Crippen molar-refractivity contribution >= 4 is 24.0 Å². The van der Waals surface area contributed by atoms with E-state index in [1.54, 1.807) is 41.5 Å². The Morgan fingerprint density at radius 1 is 1.18 bits per heavy atom. The van der Waals surface area contributed by atoms with E-state index in [0.29, 0.717) is 18.7 Å². The number of benzene rings is 1. The van der Waals surface area contributed by atoms with Crippen molar-refractivity contribution in [2.75, 3.05) is 26.7 Å². The summed E-state index contributed by atoms with van der Waals surface area (Å²) < 4.78 is 6.32. The summed E-state index contributed by atoms with van der Waals surface area (Å²) in [6.45, 7) is 4.34. The SMILES string of the molecule is C[C@H]1CN([C@@H](C)CO)C(=O)c2cc(/C=C/c3ccccc3)cnc2O[C@H]1CN(C)C(=O)Cc1cccnc1. The molecule has 0 saturated carbocycles. The quantitative estimate of drug-likeness (QED) is 0.494. The van der Waals surface area contributed by atoms with Crippen molar-refractivity contribution in [3.05, 3.63) is 89.4 Å². The van der Waals surface area contributed by atoms with Crippen molar-refractivity contribution in [1.29, 1.82) is 0 Å². The van der Waals surface area contributed by atoms with E-state index < -0.39 is 6.10 Å². The van der Waals surface area contributed by atoms with Crippen LogP contribution in [0.5, 0.6) is 5.88 Å². The van der Waals surface area contributed by atoms with Crippen LogP contribution >= 0.6 is 0 Å². The van der Waals surface area contributed by atoms with E-state index in [9.17, 15) is 14.7 Å². The molecule has 1 N–H and O–H groups in total. The van der Waals surface area contributed by atoms with E-state index in [2.05, 4.69) is 9.97 Å². The van der Waals surface area contributed by atoms with Gasteiger partial charge in [0.25, 0.3) is 5.91 Å². The van der Waals surface area contributed by atoms with Crippen LogP contribution < -0.4 is 4.74 Å². The molecule has 0 radical (unpaired) electrons. The zero-order chi connectivity index (χ0) is 27.1. The molecular weight excluding hydrogens is 480 g/mol. The number of hydrogen-bond acceptors (Lipinski definition) is 6. The lowest BCUT2D eigenvalue weighted by Gasteiger charge is -2.37. The predicted molar refractivity (Wildman–Crippen MR) is 146 cm³/mol. The van der Waals surface area contributed by atoms with Gasteiger partial charge in [-0.1, -0.05) is 55.5 Å². The molecule has 198 valence electrons. The molecule has 0 unspecified atom stereocenters. The van der Waals surface area contributed by atoms with Crippen LogP contribution in [-0.4, -0.2) is 75.6 Å². The van der Waals surface area contributed by atoms with Gasteiger partial charge in [-0.2, -0.15) is 0 Å². The van der Waals surface area contributed by atoms with Crippen LogP contribution in [0, 0.1) is 5.92 Å². The molecule has 0 fully saturated rings. The summed E-state index contributed by atoms with van der Waals surface area (Å²) in [6.07, 6.45) is 8.73. The zero-order valence-corrected chi connectivity index (χ0v) is 22.0. The lowest BCUT2D eigenvalue weighted by atomic mass is 9.99. The number of fused-ring (bicyclic) bond motifs is 1. The van der Waals surface area contributed by atoms with Crippen LogP contribution in [0.3, 0.4) is 0 Å². The van der Waals surface area contributed by atoms with Crippen LogP contribution in [0.4, 0.5) is 0 Å². The number of rotatable bonds is 8. The minimum Gasteiger partial charge on any atom is -0.472 e. The Hall–Kier alpha value is -4.04. The normalized spacial score (nSPS) is 18.3. The van der Waals surface area contributed by atoms with E-state index in [4.69, 9.17) is 4.74 Å². The number of carbonyl (C=O) groups excluding carboxylic acids is 2. The number of amides is 2. The van der Waals surface area contributed by atoms with Gasteiger partial charge in [-0.3, -0.25) is 14.6 Å². The average Bonchev–Trinajstić information content (AvgIpc) is 2.94. The van der Waals surface area contributed by atoms with E-state index in [0.717, 1.165) is 16.7 Å². The fourth-order valence-corrected chi connectivity index (χ4v) is 4.37. The maximum atomic E-state index is 13.6. The van der Waals surface area contributed by atoms with Gasteiger partial charge < -0.3 is 19.6 Å². The van der Waals surface area contributed by atoms with Gasteiger partial charge in [0.05, 0.1) is 25.6 Å². The van der Waals surface area contributed by atoms with Crippen LogP contribution in [-0.2, 0) is 11.2 Å². The molecule has 2 amide bonds. The first-order chi connectivity index (χ1) is 18.4. The molecular formula is C30H34N4O4. The van der Waals surface area contributed by atoms with Gasteiger partial charge in [-0.25, -0.2) is 4.98 Å². The highest BCUT2D eigenvalue weighted by atomic mass is 16.5. The van der Waals surface area contributed by atoms with Crippen LogP contribution in [0.25, 0.3) is 12.2 Å². The number of nitrogens with zero attached hydrogens (tertiary/aromatic N) is 4. The number of aromatic nitrogens is 2. The standard InChI is InChI=1S/C30H34N4O4/c1-21-18-34(22(2)20-35)30(37)26-14-25(12-11-23-8-5-4-6-9-23)17-32-29(26)38-27(21)19-33(3)28(36)15-24-10-7-13-31-16-24/h4-14,16-17,21-22,27,35H,15,18-20H2,1-3H3/b12-11+/t21-,22-,27-/m0/s1. The molecule has 3 heterocycles. The lowest BCUT2D eigenvalue weighted by molar-refractivity contribution is -0.130. The van der Waals surface area contributed by atoms with Crippen molar-refractivity contribution in [2.45, 2.75) is 32.4 Å². The summed E-state index contributed by atoms with van der Waals surface area (Å²) >= 11 is 0. The fourth-order valence-electron chi connectivity index (χ4n) is 4.37. The molecule has 1 aromatic carbocycles. The second-order valence-electron chi connectivity index (χ2n) is 9.80. The molecule has 38 heavy (non-hydrogen) atoms. The molecule has 8 heteroatoms. The first kappa shape index (κ1) is 27.0. The summed E-state index contributed by atoms with van der Waals surface area (Å²) in [5, 5.41) is 9.88. The fraction of sp³-hybridized carbons (Fsp3) is 0.333. The number of likely N-dealkylation sites (N-methyl/N-ethyl adjacent to an activating group) is 1. The molecule has 0 spiro atoms. The van der Waals surface area contributed by atoms with Crippen molar-refractivity contribution < 1.29 is 19.4 Å². The van der Waals surface area contributed by atoms with Crippen molar-refractivity contribution in [1.82, 2.24) is 19.8 Å². The minimum atomic E-state index is -0.406. The number of hydrogen-bond donors (Lipinski definition) is 1. The highest BCUT2D eigenvalue weighted by molar-refractivity contribution is 5.97. The van der Waals surface area contributed by atoms with Crippen LogP contribution in [0.15, 0.2) is 67.1 Å². The van der Waals surface area contributed by atoms with E-state index in [1.165, 1.54) is 0 Å². The van der Waals surface area contributed by atoms with Gasteiger partial charge in [-0.05, 0) is 35.7 Å². The number of ether oxygens (including phenoxy) is 1. The summed E-state index contributed by atoms with van der Waals surface area (Å²) in [6, 6.07) is 14.9. The summed E-state index contributed by atoms with van der Waals surface area (Å²) in [7, 11) is 1.75. The maximum Gasteiger partial charge on any atom is 0.259 e. The molecule has 1 aliphatic heterocycles. The van der Waals surface area contributed by atoms with Gasteiger partial charge in [0.2, 0.25) is 11.8 Å². The molecule has 0 bridgehead atoms. The largest absolute Gasteiger partial charge is 0.472 e. The predicted octanol–water partition coefficient (Wildman–Crippen LogP) is 3.57. The molecule has 0 saturated heterocycles. The second kappa shape index (κ2) is 12.5. The first-order valence-corrected chi connectivity index (χ1v) is 12.8. The van der Waals surface area contributed by atoms with Gasteiger partial charge in [0.1, 0.15) is 11.7 Å². The van der Waals surface area contributed by atoms with Crippen LogP contribution in [0.2, 0.25) is 0 Å². The highest BCUT2D eigenvalue weighted by Gasteiger charge is 2.34. The number of aliphatic hydroxyl groups is 1. The summed E-state index contributed by atoms with van der Waals surface area (Å²) in [4.78, 5) is 38.4. The van der Waals surface area contributed by atoms with Gasteiger partial charge >= 0.3 is 0 Å². The third-order valence-corrected chi connectivity index (χ3v) is 6.77. The summed E-state index contributed by atoms with van der Waals surface area (Å²) in [5.74, 6) is -0.182. The third kappa shape index (κ3) is 6.63. The third-order valence-electron chi connectivity index (χ3n) is 6.77. The van der Waals surface area contributed by atoms with Gasteiger partial charge in [0.15, 0.2) is 0 Å². The number of carbonyl (C=O) groups is 2. The minimum absolute atomic E-state index is 0.0536. The second-order valence-corrected chi connectivity index (χ2v) is 9.80. The number of pyridine rings is 2. The Bertz CT molecular complexity index is 1270. The molecule has 0 aliphatic carbocycles. The molecule has 3 aromatic rings. The Balaban J connectivity index is 1.59. The van der Waals surface area contributed by atoms with Gasteiger partial charge in [0, 0.05) is 38.1 Å². The Morgan fingerprint density at radius 2 is 1.95 bits per heavy atom. The lowest BCUT2D eigenvalue weighted by Crippen LogP contribution is -2.50. The topological polar surface area (TPSA) is 95.9 Å². The van der Waals surface area contributed by atoms with E-state index in [-0.39, 0.29) is 42.7 Å². The van der Waals surface area contributed by atoms with E-state index >= 15 is 0 Å². The molecule has 1 aliphatic rings. The monoisotopic (exact) mass is 514 g/mol. The number of aliphatic hydroxyl groups excluding tert-OH is 1. The summed E-state index contributed by atoms with van der Waals surface area (Å²) in [5.41, 5.74) is 2.97. The Morgan fingerprint density at radius 3 is 2.66 bits per heavy atom. The maximum absolute atomic E-state index is 13.6. The van der Waals surface area contributed by atoms with Crippen molar-refractivity contribution in [2.24, 2.45) is 5.92 Å². The van der Waals surface area contributed by atoms with Crippen molar-refractivity contribution in [3.63, 3.8) is 0 Å². The first-order valence-electron chi connectivity index (χ1n) is 12.8. The molecule has 2 aromatic heterocycles.